The van der Waals surface area contributed by atoms with Crippen molar-refractivity contribution in [1.82, 2.24) is 0 Å². The van der Waals surface area contributed by atoms with Crippen LogP contribution in [0.4, 0.5) is 0 Å². The molecule has 0 aromatic rings. The normalized spacial score (nSPS) is 14.3. The first kappa shape index (κ1) is 98.1. The number of rotatable bonds is 78. The molecule has 0 saturated carbocycles. The molecule has 0 heterocycles. The molecular formula is C81H158O17P2. The summed E-state index contributed by atoms with van der Waals surface area (Å²) < 4.78 is 68.6. The predicted octanol–water partition coefficient (Wildman–Crippen LogP) is 24.0. The van der Waals surface area contributed by atoms with Gasteiger partial charge in [0.2, 0.25) is 0 Å². The number of ether oxygens (including phenoxy) is 4. The standard InChI is InChI=1S/C81H158O17P2/c1-9-74(8)60-52-44-39-40-48-56-64-81(86)98-77(68-92-79(84)62-54-46-38-32-35-43-51-59-73(6)7)70-96-100(89,90)94-66-75(82)65-93-99(87,88)95-69-76(67-91-78(83)61-53-45-36-30-26-22-18-15-14-17-21-25-29-34-42-50-58-72(4)5)97-80(85)63-55-47-37-31-27-23-19-13-11-10-12-16-20-24-28-33-41-49-57-71(2)3/h71-77,82H,9-70H2,1-8H3,(H,87,88)(H,89,90)/t74?,75?,76-,77-/m1/s1. The van der Waals surface area contributed by atoms with E-state index >= 15 is 0 Å². The van der Waals surface area contributed by atoms with Crippen LogP contribution in [0.2, 0.25) is 0 Å². The largest absolute Gasteiger partial charge is 0.472 e. The average Bonchev–Trinajstić information content (AvgIpc) is 0.916. The first-order chi connectivity index (χ1) is 48.1. The van der Waals surface area contributed by atoms with Crippen LogP contribution in [0.1, 0.15) is 415 Å². The molecule has 0 amide bonds. The summed E-state index contributed by atoms with van der Waals surface area (Å²) in [5.74, 6) is 0.939. The van der Waals surface area contributed by atoms with E-state index in [-0.39, 0.29) is 25.7 Å². The smallest absolute Gasteiger partial charge is 0.462 e. The van der Waals surface area contributed by atoms with E-state index in [1.807, 2.05) is 0 Å². The van der Waals surface area contributed by atoms with Crippen molar-refractivity contribution in [3.05, 3.63) is 0 Å². The Hall–Kier alpha value is -1.94. The molecule has 6 atom stereocenters. The second kappa shape index (κ2) is 70.1. The second-order valence-corrected chi connectivity index (χ2v) is 33.7. The maximum atomic E-state index is 13.1. The topological polar surface area (TPSA) is 237 Å². The Balaban J connectivity index is 5.20. The van der Waals surface area contributed by atoms with Crippen molar-refractivity contribution in [3.63, 3.8) is 0 Å². The van der Waals surface area contributed by atoms with Crippen LogP contribution in [0, 0.1) is 23.7 Å². The number of carbonyl (C=O) groups is 4. The second-order valence-electron chi connectivity index (χ2n) is 30.8. The fourth-order valence-electron chi connectivity index (χ4n) is 12.4. The molecule has 0 rings (SSSR count). The van der Waals surface area contributed by atoms with Crippen molar-refractivity contribution in [2.24, 2.45) is 23.7 Å². The molecule has 0 saturated heterocycles. The lowest BCUT2D eigenvalue weighted by atomic mass is 10.00. The van der Waals surface area contributed by atoms with E-state index in [2.05, 4.69) is 55.4 Å². The molecule has 0 aromatic carbocycles. The maximum Gasteiger partial charge on any atom is 0.472 e. The number of hydrogen-bond acceptors (Lipinski definition) is 15. The summed E-state index contributed by atoms with van der Waals surface area (Å²) in [4.78, 5) is 72.9. The number of unbranched alkanes of at least 4 members (excludes halogenated alkanes) is 43. The van der Waals surface area contributed by atoms with Crippen LogP contribution in [0.25, 0.3) is 0 Å². The molecule has 0 aliphatic carbocycles. The number of phosphoric ester groups is 2. The number of hydrogen-bond donors (Lipinski definition) is 3. The van der Waals surface area contributed by atoms with Gasteiger partial charge < -0.3 is 33.8 Å². The lowest BCUT2D eigenvalue weighted by Crippen LogP contribution is -2.30. The van der Waals surface area contributed by atoms with Crippen LogP contribution in [-0.4, -0.2) is 96.7 Å². The highest BCUT2D eigenvalue weighted by Crippen LogP contribution is 2.45. The molecular weight excluding hydrogens is 1310 g/mol. The van der Waals surface area contributed by atoms with Crippen LogP contribution in [0.15, 0.2) is 0 Å². The zero-order valence-corrected chi connectivity index (χ0v) is 67.6. The minimum absolute atomic E-state index is 0.102. The van der Waals surface area contributed by atoms with E-state index < -0.39 is 97.5 Å². The summed E-state index contributed by atoms with van der Waals surface area (Å²) in [6.07, 6.45) is 57.2. The summed E-state index contributed by atoms with van der Waals surface area (Å²) in [5.41, 5.74) is 0. The van der Waals surface area contributed by atoms with Crippen LogP contribution in [0.5, 0.6) is 0 Å². The zero-order chi connectivity index (χ0) is 73.8. The first-order valence-electron chi connectivity index (χ1n) is 41.7. The Morgan fingerprint density at radius 2 is 0.480 bits per heavy atom. The molecule has 3 N–H and O–H groups in total. The van der Waals surface area contributed by atoms with Crippen LogP contribution in [-0.2, 0) is 65.4 Å². The molecule has 0 fully saturated rings. The number of esters is 4. The fraction of sp³-hybridized carbons (Fsp3) is 0.951. The molecule has 4 unspecified atom stereocenters. The summed E-state index contributed by atoms with van der Waals surface area (Å²) >= 11 is 0. The lowest BCUT2D eigenvalue weighted by molar-refractivity contribution is -0.161. The highest BCUT2D eigenvalue weighted by Gasteiger charge is 2.30. The van der Waals surface area contributed by atoms with Gasteiger partial charge in [-0.1, -0.05) is 364 Å². The van der Waals surface area contributed by atoms with Gasteiger partial charge in [0.1, 0.15) is 19.3 Å². The van der Waals surface area contributed by atoms with Crippen LogP contribution >= 0.6 is 15.6 Å². The third-order valence-corrected chi connectivity index (χ3v) is 21.1. The Bertz CT molecular complexity index is 1960. The van der Waals surface area contributed by atoms with E-state index in [4.69, 9.17) is 37.0 Å². The van der Waals surface area contributed by atoms with Gasteiger partial charge in [-0.2, -0.15) is 0 Å². The molecule has 0 aliphatic heterocycles. The summed E-state index contributed by atoms with van der Waals surface area (Å²) in [7, 11) is -9.92. The average molecular weight is 1470 g/mol. The highest BCUT2D eigenvalue weighted by atomic mass is 31.2. The van der Waals surface area contributed by atoms with Crippen molar-refractivity contribution >= 4 is 39.5 Å². The van der Waals surface area contributed by atoms with Gasteiger partial charge in [-0.15, -0.1) is 0 Å². The van der Waals surface area contributed by atoms with Gasteiger partial charge in [0.15, 0.2) is 12.2 Å². The lowest BCUT2D eigenvalue weighted by Gasteiger charge is -2.21. The van der Waals surface area contributed by atoms with Crippen molar-refractivity contribution in [2.45, 2.75) is 433 Å². The van der Waals surface area contributed by atoms with Crippen molar-refractivity contribution in [1.29, 1.82) is 0 Å². The van der Waals surface area contributed by atoms with Gasteiger partial charge in [-0.3, -0.25) is 37.3 Å². The monoisotopic (exact) mass is 1470 g/mol. The molecule has 594 valence electrons. The van der Waals surface area contributed by atoms with Crippen molar-refractivity contribution in [3.8, 4) is 0 Å². The minimum Gasteiger partial charge on any atom is -0.462 e. The molecule has 100 heavy (non-hydrogen) atoms. The van der Waals surface area contributed by atoms with E-state index in [0.717, 1.165) is 114 Å². The van der Waals surface area contributed by atoms with E-state index in [9.17, 15) is 43.2 Å². The highest BCUT2D eigenvalue weighted by molar-refractivity contribution is 7.47. The molecule has 0 aromatic heterocycles. The summed E-state index contributed by atoms with van der Waals surface area (Å²) in [6, 6.07) is 0. The fourth-order valence-corrected chi connectivity index (χ4v) is 14.0. The molecule has 0 spiro atoms. The SMILES string of the molecule is CCC(C)CCCCCCCCC(=O)O[C@H](COC(=O)CCCCCCCCCC(C)C)COP(=O)(O)OCC(O)COP(=O)(O)OC[C@@H](COC(=O)CCCCCCCCCCCCCCCCCCC(C)C)OC(=O)CCCCCCCCCCCCCCCCCCCCC(C)C. The van der Waals surface area contributed by atoms with Crippen LogP contribution < -0.4 is 0 Å². The van der Waals surface area contributed by atoms with Crippen LogP contribution in [0.3, 0.4) is 0 Å². The molecule has 0 aliphatic rings. The van der Waals surface area contributed by atoms with Crippen molar-refractivity contribution < 1.29 is 80.2 Å². The van der Waals surface area contributed by atoms with E-state index in [0.29, 0.717) is 31.6 Å². The number of carbonyl (C=O) groups excluding carboxylic acids is 4. The zero-order valence-electron chi connectivity index (χ0n) is 65.8. The van der Waals surface area contributed by atoms with Gasteiger partial charge in [0.25, 0.3) is 0 Å². The Morgan fingerprint density at radius 3 is 0.710 bits per heavy atom. The quantitative estimate of drug-likeness (QED) is 0.0222. The molecule has 0 radical (unpaired) electrons. The third kappa shape index (κ3) is 73.0. The van der Waals surface area contributed by atoms with Gasteiger partial charge in [0.05, 0.1) is 26.4 Å². The van der Waals surface area contributed by atoms with Gasteiger partial charge in [0, 0.05) is 25.7 Å². The Labute approximate surface area is 613 Å². The predicted molar refractivity (Wildman–Crippen MR) is 409 cm³/mol. The summed E-state index contributed by atoms with van der Waals surface area (Å²) in [6.45, 7) is 14.2. The van der Waals surface area contributed by atoms with Crippen molar-refractivity contribution in [2.75, 3.05) is 39.6 Å². The number of aliphatic hydroxyl groups is 1. The number of aliphatic hydroxyl groups excluding tert-OH is 1. The molecule has 0 bridgehead atoms. The Morgan fingerprint density at radius 1 is 0.280 bits per heavy atom. The number of phosphoric acid groups is 2. The first-order valence-corrected chi connectivity index (χ1v) is 44.7. The molecule has 19 heteroatoms. The Kier molecular flexibility index (Phi) is 68.7. The van der Waals surface area contributed by atoms with Gasteiger partial charge >= 0.3 is 39.5 Å². The van der Waals surface area contributed by atoms with Gasteiger partial charge in [-0.25, -0.2) is 9.13 Å². The minimum atomic E-state index is -4.96. The van der Waals surface area contributed by atoms with E-state index in [1.165, 1.54) is 212 Å². The van der Waals surface area contributed by atoms with Gasteiger partial charge in [-0.05, 0) is 49.4 Å². The molecule has 17 nitrogen and oxygen atoms in total. The third-order valence-electron chi connectivity index (χ3n) is 19.2. The summed E-state index contributed by atoms with van der Waals surface area (Å²) in [5, 5.41) is 10.6. The van der Waals surface area contributed by atoms with E-state index in [1.54, 1.807) is 0 Å². The maximum absolute atomic E-state index is 13.1.